The van der Waals surface area contributed by atoms with E-state index in [2.05, 4.69) is 4.90 Å². The number of likely N-dealkylation sites (N-methyl/N-ethyl adjacent to an activating group) is 1. The summed E-state index contributed by atoms with van der Waals surface area (Å²) in [6.07, 6.45) is 1.27. The van der Waals surface area contributed by atoms with Gasteiger partial charge >= 0.3 is 20.1 Å². The molecule has 2 aliphatic rings. The van der Waals surface area contributed by atoms with Crippen molar-refractivity contribution >= 4 is 20.1 Å². The first-order valence-electron chi connectivity index (χ1n) is 14.5. The lowest BCUT2D eigenvalue weighted by Gasteiger charge is -2.40. The van der Waals surface area contributed by atoms with Crippen LogP contribution in [0.4, 0.5) is 9.59 Å². The highest BCUT2D eigenvalue weighted by atomic mass is 31.2. The van der Waals surface area contributed by atoms with E-state index in [0.29, 0.717) is 30.1 Å². The summed E-state index contributed by atoms with van der Waals surface area (Å²) in [5, 5.41) is 0. The van der Waals surface area contributed by atoms with Crippen molar-refractivity contribution in [1.82, 2.24) is 4.90 Å². The molecular weight excluding hydrogens is 617 g/mol. The Balaban J connectivity index is 1.69. The van der Waals surface area contributed by atoms with Crippen molar-refractivity contribution in [2.24, 2.45) is 0 Å². The summed E-state index contributed by atoms with van der Waals surface area (Å²) in [4.78, 5) is 25.3. The summed E-state index contributed by atoms with van der Waals surface area (Å²) in [7, 11) is 0.850. The van der Waals surface area contributed by atoms with Gasteiger partial charge in [-0.25, -0.2) is 23.2 Å². The van der Waals surface area contributed by atoms with E-state index in [0.717, 1.165) is 18.5 Å². The van der Waals surface area contributed by atoms with Gasteiger partial charge in [0.1, 0.15) is 5.76 Å². The number of likely N-dealkylation sites (tertiary alicyclic amines) is 1. The predicted molar refractivity (Wildman–Crippen MR) is 157 cm³/mol. The van der Waals surface area contributed by atoms with Crippen LogP contribution < -0.4 is 9.47 Å². The number of hydrogen-bond acceptors (Lipinski definition) is 15. The van der Waals surface area contributed by atoms with Gasteiger partial charge in [-0.3, -0.25) is 4.90 Å². The Morgan fingerprint density at radius 1 is 0.889 bits per heavy atom. The number of nitrogens with zero attached hydrogens (tertiary/aromatic N) is 1. The highest BCUT2D eigenvalue weighted by Crippen LogP contribution is 2.55. The highest BCUT2D eigenvalue weighted by molar-refractivity contribution is 7.48. The van der Waals surface area contributed by atoms with Gasteiger partial charge in [-0.1, -0.05) is 6.07 Å². The van der Waals surface area contributed by atoms with Crippen LogP contribution in [0.25, 0.3) is 0 Å². The Bertz CT molecular complexity index is 1170. The standard InChI is InChI=1S/C29H44NO14P/c1-20(2)42-27(31)38-16-36-18-40-45(33,41-19-37-17-39-28(32)43-21(3)4)44-23-10-11-29(12-13-30(5)26(29)15-23)22-8-9-24(34-6)25(14-22)35-7/h8-9,14-15,20-21,26H,10-13,16-19H2,1-7H3/t26-,29-/m0/s1. The fraction of sp³-hybridized carbons (Fsp3) is 0.655. The first kappa shape index (κ1) is 36.4. The lowest BCUT2D eigenvalue weighted by Crippen LogP contribution is -2.42. The van der Waals surface area contributed by atoms with Crippen LogP contribution >= 0.6 is 7.82 Å². The van der Waals surface area contributed by atoms with Crippen molar-refractivity contribution in [3.63, 3.8) is 0 Å². The smallest absolute Gasteiger partial charge is 0.493 e. The number of hydrogen-bond donors (Lipinski definition) is 0. The molecule has 0 bridgehead atoms. The number of fused-ring (bicyclic) bond motifs is 1. The van der Waals surface area contributed by atoms with Crippen LogP contribution in [0, 0.1) is 0 Å². The van der Waals surface area contributed by atoms with Gasteiger partial charge in [-0.05, 0) is 77.9 Å². The van der Waals surface area contributed by atoms with E-state index < -0.39 is 47.3 Å². The van der Waals surface area contributed by atoms with E-state index in [-0.39, 0.29) is 23.7 Å². The van der Waals surface area contributed by atoms with E-state index in [9.17, 15) is 14.2 Å². The third-order valence-corrected chi connectivity index (χ3v) is 8.37. The molecule has 1 saturated heterocycles. The molecule has 1 heterocycles. The van der Waals surface area contributed by atoms with Crippen LogP contribution in [0.15, 0.2) is 30.0 Å². The number of phosphoric ester groups is 1. The Hall–Kier alpha value is -3.07. The van der Waals surface area contributed by atoms with Crippen LogP contribution in [-0.2, 0) is 52.0 Å². The van der Waals surface area contributed by atoms with Crippen LogP contribution in [0.3, 0.4) is 0 Å². The molecule has 1 aromatic carbocycles. The number of carbonyl (C=O) groups is 2. The number of phosphoric acid groups is 1. The predicted octanol–water partition coefficient (Wildman–Crippen LogP) is 5.47. The van der Waals surface area contributed by atoms with Crippen molar-refractivity contribution in [1.29, 1.82) is 0 Å². The minimum atomic E-state index is -4.35. The fourth-order valence-electron chi connectivity index (χ4n) is 5.07. The van der Waals surface area contributed by atoms with E-state index >= 15 is 0 Å². The molecule has 0 amide bonds. The second-order valence-electron chi connectivity index (χ2n) is 10.8. The average Bonchev–Trinajstić information content (AvgIpc) is 3.32. The van der Waals surface area contributed by atoms with Gasteiger partial charge in [0.15, 0.2) is 38.7 Å². The molecule has 1 aromatic rings. The zero-order valence-corrected chi connectivity index (χ0v) is 27.7. The Morgan fingerprint density at radius 3 is 2.00 bits per heavy atom. The summed E-state index contributed by atoms with van der Waals surface area (Å²) in [6, 6.07) is 5.83. The van der Waals surface area contributed by atoms with Crippen LogP contribution in [0.1, 0.15) is 52.5 Å². The van der Waals surface area contributed by atoms with Gasteiger partial charge in [0.2, 0.25) is 0 Å². The number of ether oxygens (including phenoxy) is 8. The first-order valence-corrected chi connectivity index (χ1v) is 15.9. The first-order chi connectivity index (χ1) is 21.4. The third-order valence-electron chi connectivity index (χ3n) is 7.07. The second kappa shape index (κ2) is 17.0. The quantitative estimate of drug-likeness (QED) is 0.0896. The maximum Gasteiger partial charge on any atom is 0.534 e. The summed E-state index contributed by atoms with van der Waals surface area (Å²) in [5.41, 5.74) is 0.845. The van der Waals surface area contributed by atoms with Crippen molar-refractivity contribution in [2.75, 3.05) is 55.0 Å². The lowest BCUT2D eigenvalue weighted by molar-refractivity contribution is -0.114. The van der Waals surface area contributed by atoms with Gasteiger partial charge < -0.3 is 42.4 Å². The largest absolute Gasteiger partial charge is 0.534 e. The summed E-state index contributed by atoms with van der Waals surface area (Å²) < 4.78 is 70.6. The molecule has 0 unspecified atom stereocenters. The number of methoxy groups -OCH3 is 2. The Morgan fingerprint density at radius 2 is 1.47 bits per heavy atom. The van der Waals surface area contributed by atoms with Gasteiger partial charge in [0.25, 0.3) is 0 Å². The van der Waals surface area contributed by atoms with Crippen LogP contribution in [-0.4, -0.2) is 90.4 Å². The number of rotatable bonds is 17. The summed E-state index contributed by atoms with van der Waals surface area (Å²) >= 11 is 0. The van der Waals surface area contributed by atoms with E-state index in [1.807, 2.05) is 31.3 Å². The Labute approximate surface area is 263 Å². The molecule has 0 spiro atoms. The van der Waals surface area contributed by atoms with Gasteiger partial charge in [-0.2, -0.15) is 0 Å². The summed E-state index contributed by atoms with van der Waals surface area (Å²) in [6.45, 7) is 5.19. The maximum atomic E-state index is 13.7. The van der Waals surface area contributed by atoms with Crippen molar-refractivity contribution in [3.8, 4) is 11.5 Å². The molecule has 45 heavy (non-hydrogen) atoms. The van der Waals surface area contributed by atoms with Crippen molar-refractivity contribution in [2.45, 2.75) is 70.6 Å². The monoisotopic (exact) mass is 661 g/mol. The molecule has 254 valence electrons. The summed E-state index contributed by atoms with van der Waals surface area (Å²) in [5.74, 6) is 1.67. The molecule has 0 radical (unpaired) electrons. The average molecular weight is 662 g/mol. The molecule has 1 fully saturated rings. The molecule has 1 aliphatic carbocycles. The molecule has 3 rings (SSSR count). The zero-order valence-electron chi connectivity index (χ0n) is 26.8. The SMILES string of the molecule is COc1ccc([C@@]23CCC(OP(=O)(OCOCOC(=O)OC(C)C)OCOCOC(=O)OC(C)C)=C[C@@H]2N(C)CC3)cc1OC. The fourth-order valence-corrected chi connectivity index (χ4v) is 6.10. The molecule has 15 nitrogen and oxygen atoms in total. The number of carbonyl (C=O) groups excluding carboxylic acids is 2. The van der Waals surface area contributed by atoms with Crippen LogP contribution in [0.5, 0.6) is 11.5 Å². The van der Waals surface area contributed by atoms with Crippen LogP contribution in [0.2, 0.25) is 0 Å². The lowest BCUT2D eigenvalue weighted by atomic mass is 9.68. The zero-order chi connectivity index (χ0) is 33.0. The molecule has 16 heteroatoms. The third kappa shape index (κ3) is 10.5. The normalized spacial score (nSPS) is 19.9. The van der Waals surface area contributed by atoms with Gasteiger partial charge in [0.05, 0.1) is 26.4 Å². The molecular formula is C29H44NO14P. The van der Waals surface area contributed by atoms with Crippen molar-refractivity contribution < 1.29 is 65.6 Å². The number of allylic oxidation sites excluding steroid dienone is 1. The molecule has 2 atom stereocenters. The van der Waals surface area contributed by atoms with E-state index in [4.69, 9.17) is 51.5 Å². The molecule has 0 saturated carbocycles. The Kier molecular flexibility index (Phi) is 13.8. The molecule has 1 aliphatic heterocycles. The van der Waals surface area contributed by atoms with Gasteiger partial charge in [0, 0.05) is 17.9 Å². The van der Waals surface area contributed by atoms with E-state index in [1.54, 1.807) is 41.9 Å². The van der Waals surface area contributed by atoms with Crippen molar-refractivity contribution in [3.05, 3.63) is 35.6 Å². The van der Waals surface area contributed by atoms with Gasteiger partial charge in [-0.15, -0.1) is 0 Å². The molecule has 0 aromatic heterocycles. The molecule has 0 N–H and O–H groups in total. The minimum Gasteiger partial charge on any atom is -0.493 e. The maximum absolute atomic E-state index is 13.7. The highest BCUT2D eigenvalue weighted by Gasteiger charge is 2.49. The van der Waals surface area contributed by atoms with E-state index in [1.165, 1.54) is 0 Å². The minimum absolute atomic E-state index is 0.0963. The second-order valence-corrected chi connectivity index (χ2v) is 12.4. The number of benzene rings is 1. The topological polar surface area (TPSA) is 156 Å².